The van der Waals surface area contributed by atoms with Crippen LogP contribution in [0, 0.1) is 11.8 Å². The van der Waals surface area contributed by atoms with Gasteiger partial charge in [0, 0.05) is 6.04 Å². The van der Waals surface area contributed by atoms with Crippen LogP contribution < -0.4 is 5.32 Å². The maximum atomic E-state index is 12.5. The lowest BCUT2D eigenvalue weighted by Gasteiger charge is -2.25. The summed E-state index contributed by atoms with van der Waals surface area (Å²) in [6, 6.07) is 0.279. The number of carbonyl (C=O) groups is 1. The second-order valence-electron chi connectivity index (χ2n) is 6.27. The molecule has 2 bridgehead atoms. The number of halogens is 3. The standard InChI is InChI=1S/C13H17F3N2OS/c1-12(6-13(14,15)16)10(19)18-11(20-12)17-9-5-7-2-3-8(9)4-7/h7-9H,2-6H2,1H3,(H,17,18,19)/t7-,8+,9+,12?/m1/s1. The number of nitrogens with one attached hydrogen (secondary N) is 1. The average Bonchev–Trinajstić information content (AvgIpc) is 2.92. The highest BCUT2D eigenvalue weighted by atomic mass is 32.2. The van der Waals surface area contributed by atoms with Crippen molar-refractivity contribution in [1.29, 1.82) is 0 Å². The van der Waals surface area contributed by atoms with Crippen molar-refractivity contribution < 1.29 is 18.0 Å². The number of nitrogens with zero attached hydrogens (tertiary/aromatic N) is 1. The fraction of sp³-hybridized carbons (Fsp3) is 0.846. The molecule has 112 valence electrons. The molecule has 1 aliphatic heterocycles. The number of amidine groups is 1. The van der Waals surface area contributed by atoms with E-state index in [1.165, 1.54) is 26.2 Å². The third kappa shape index (κ3) is 2.69. The number of rotatable bonds is 2. The van der Waals surface area contributed by atoms with Crippen LogP contribution in [-0.4, -0.2) is 28.0 Å². The highest BCUT2D eigenvalue weighted by Gasteiger charge is 2.50. The monoisotopic (exact) mass is 306 g/mol. The summed E-state index contributed by atoms with van der Waals surface area (Å²) in [5.74, 6) is 0.653. The minimum Gasteiger partial charge on any atom is -0.361 e. The molecule has 1 N–H and O–H groups in total. The lowest BCUT2D eigenvalue weighted by Crippen LogP contribution is -2.38. The van der Waals surface area contributed by atoms with Gasteiger partial charge in [0.2, 0.25) is 0 Å². The van der Waals surface area contributed by atoms with Crippen LogP contribution in [0.3, 0.4) is 0 Å². The van der Waals surface area contributed by atoms with Crippen molar-refractivity contribution in [3.63, 3.8) is 0 Å². The lowest BCUT2D eigenvalue weighted by molar-refractivity contribution is -0.147. The predicted molar refractivity (Wildman–Crippen MR) is 71.5 cm³/mol. The molecule has 0 aromatic heterocycles. The second-order valence-corrected chi connectivity index (χ2v) is 7.76. The van der Waals surface area contributed by atoms with Crippen LogP contribution in [-0.2, 0) is 4.79 Å². The largest absolute Gasteiger partial charge is 0.390 e. The Morgan fingerprint density at radius 3 is 2.70 bits per heavy atom. The number of fused-ring (bicyclic) bond motifs is 2. The van der Waals surface area contributed by atoms with Crippen LogP contribution in [0.2, 0.25) is 0 Å². The van der Waals surface area contributed by atoms with E-state index in [0.29, 0.717) is 11.1 Å². The Morgan fingerprint density at radius 2 is 2.15 bits per heavy atom. The zero-order valence-corrected chi connectivity index (χ0v) is 12.0. The van der Waals surface area contributed by atoms with Gasteiger partial charge in [-0.05, 0) is 38.0 Å². The zero-order chi connectivity index (χ0) is 14.5. The van der Waals surface area contributed by atoms with E-state index in [1.807, 2.05) is 0 Å². The van der Waals surface area contributed by atoms with Crippen molar-refractivity contribution in [1.82, 2.24) is 5.32 Å². The average molecular weight is 306 g/mol. The molecule has 2 aliphatic carbocycles. The Morgan fingerprint density at radius 1 is 1.40 bits per heavy atom. The van der Waals surface area contributed by atoms with Gasteiger partial charge in [-0.25, -0.2) is 0 Å². The minimum atomic E-state index is -4.35. The van der Waals surface area contributed by atoms with Crippen LogP contribution in [0.5, 0.6) is 0 Å². The first-order chi connectivity index (χ1) is 9.25. The number of hydrogen-bond acceptors (Lipinski definition) is 3. The van der Waals surface area contributed by atoms with Crippen LogP contribution in [0.4, 0.5) is 13.2 Å². The topological polar surface area (TPSA) is 41.5 Å². The molecule has 7 heteroatoms. The molecule has 0 spiro atoms. The van der Waals surface area contributed by atoms with Crippen molar-refractivity contribution >= 4 is 22.8 Å². The molecule has 0 radical (unpaired) electrons. The Hall–Kier alpha value is -0.720. The van der Waals surface area contributed by atoms with Crippen molar-refractivity contribution in [3.05, 3.63) is 0 Å². The number of hydrogen-bond donors (Lipinski definition) is 1. The lowest BCUT2D eigenvalue weighted by atomic mass is 9.96. The third-order valence-electron chi connectivity index (χ3n) is 4.56. The molecule has 1 amide bonds. The van der Waals surface area contributed by atoms with Crippen molar-refractivity contribution in [2.75, 3.05) is 0 Å². The predicted octanol–water partition coefficient (Wildman–Crippen LogP) is 3.11. The fourth-order valence-corrected chi connectivity index (χ4v) is 4.76. The van der Waals surface area contributed by atoms with Gasteiger partial charge >= 0.3 is 6.18 Å². The SMILES string of the molecule is CC1(CC(F)(F)F)SC(N[C@H]2C[C@@H]3CC[C@H]2C3)=NC1=O. The molecule has 4 atom stereocenters. The van der Waals surface area contributed by atoms with E-state index >= 15 is 0 Å². The Labute approximate surface area is 119 Å². The summed E-state index contributed by atoms with van der Waals surface area (Å²) in [5, 5.41) is 3.58. The molecule has 0 saturated heterocycles. The molecular weight excluding hydrogens is 289 g/mol. The Balaban J connectivity index is 1.63. The zero-order valence-electron chi connectivity index (χ0n) is 11.2. The summed E-state index contributed by atoms with van der Waals surface area (Å²) in [6.07, 6.45) is -0.803. The van der Waals surface area contributed by atoms with Gasteiger partial charge < -0.3 is 5.32 Å². The summed E-state index contributed by atoms with van der Waals surface area (Å²) in [5.41, 5.74) is 0. The first kappa shape index (κ1) is 14.2. The van der Waals surface area contributed by atoms with E-state index < -0.39 is 23.3 Å². The highest BCUT2D eigenvalue weighted by molar-refractivity contribution is 8.16. The summed E-state index contributed by atoms with van der Waals surface area (Å²) in [4.78, 5) is 15.6. The second kappa shape index (κ2) is 4.64. The quantitative estimate of drug-likeness (QED) is 0.852. The number of thioether (sulfide) groups is 1. The fourth-order valence-electron chi connectivity index (χ4n) is 3.63. The number of alkyl halides is 3. The van der Waals surface area contributed by atoms with E-state index in [2.05, 4.69) is 10.3 Å². The van der Waals surface area contributed by atoms with E-state index in [1.54, 1.807) is 0 Å². The van der Waals surface area contributed by atoms with E-state index in [0.717, 1.165) is 24.1 Å². The molecule has 0 aromatic rings. The summed E-state index contributed by atoms with van der Waals surface area (Å²) < 4.78 is 36.1. The van der Waals surface area contributed by atoms with E-state index in [9.17, 15) is 18.0 Å². The van der Waals surface area contributed by atoms with Crippen molar-refractivity contribution in [2.24, 2.45) is 16.8 Å². The molecular formula is C13H17F3N2OS. The Kier molecular flexibility index (Phi) is 3.30. The normalized spacial score (nSPS) is 40.3. The maximum Gasteiger partial charge on any atom is 0.390 e. The van der Waals surface area contributed by atoms with Gasteiger partial charge in [-0.1, -0.05) is 18.2 Å². The minimum absolute atomic E-state index is 0.279. The van der Waals surface area contributed by atoms with Crippen LogP contribution in [0.15, 0.2) is 4.99 Å². The summed E-state index contributed by atoms with van der Waals surface area (Å²) in [7, 11) is 0. The highest BCUT2D eigenvalue weighted by Crippen LogP contribution is 2.46. The van der Waals surface area contributed by atoms with Gasteiger partial charge in [-0.2, -0.15) is 18.2 Å². The molecule has 2 fully saturated rings. The van der Waals surface area contributed by atoms with E-state index in [-0.39, 0.29) is 6.04 Å². The van der Waals surface area contributed by atoms with Gasteiger partial charge in [-0.3, -0.25) is 4.79 Å². The van der Waals surface area contributed by atoms with Gasteiger partial charge in [0.1, 0.15) is 4.75 Å². The third-order valence-corrected chi connectivity index (χ3v) is 5.73. The van der Waals surface area contributed by atoms with Crippen LogP contribution >= 0.6 is 11.8 Å². The smallest absolute Gasteiger partial charge is 0.361 e. The van der Waals surface area contributed by atoms with Crippen LogP contribution in [0.25, 0.3) is 0 Å². The number of amides is 1. The molecule has 2 saturated carbocycles. The molecule has 0 aromatic carbocycles. The van der Waals surface area contributed by atoms with E-state index in [4.69, 9.17) is 0 Å². The first-order valence-electron chi connectivity index (χ1n) is 6.91. The van der Waals surface area contributed by atoms with Gasteiger partial charge in [0.15, 0.2) is 5.17 Å². The Bertz CT molecular complexity index is 465. The van der Waals surface area contributed by atoms with Gasteiger partial charge in [0.05, 0.1) is 6.42 Å². The molecule has 3 aliphatic rings. The van der Waals surface area contributed by atoms with Gasteiger partial charge in [0.25, 0.3) is 5.91 Å². The molecule has 20 heavy (non-hydrogen) atoms. The van der Waals surface area contributed by atoms with Crippen molar-refractivity contribution in [2.45, 2.75) is 56.0 Å². The molecule has 1 unspecified atom stereocenters. The van der Waals surface area contributed by atoms with Crippen LogP contribution in [0.1, 0.15) is 39.0 Å². The van der Waals surface area contributed by atoms with Gasteiger partial charge in [-0.15, -0.1) is 0 Å². The number of aliphatic imine (C=N–C) groups is 1. The molecule has 1 heterocycles. The first-order valence-corrected chi connectivity index (χ1v) is 7.72. The maximum absolute atomic E-state index is 12.5. The number of carbonyl (C=O) groups excluding carboxylic acids is 1. The molecule has 3 rings (SSSR count). The van der Waals surface area contributed by atoms with Crippen molar-refractivity contribution in [3.8, 4) is 0 Å². The molecule has 3 nitrogen and oxygen atoms in total. The summed E-state index contributed by atoms with van der Waals surface area (Å²) >= 11 is 0.932. The summed E-state index contributed by atoms with van der Waals surface area (Å²) in [6.45, 7) is 1.33.